The van der Waals surface area contributed by atoms with E-state index in [-0.39, 0.29) is 32.2 Å². The molecule has 0 bridgehead atoms. The van der Waals surface area contributed by atoms with Crippen LogP contribution >= 0.6 is 46.4 Å². The second-order valence-electron chi connectivity index (χ2n) is 8.48. The van der Waals surface area contributed by atoms with Crippen LogP contribution in [-0.2, 0) is 26.2 Å². The summed E-state index contributed by atoms with van der Waals surface area (Å²) in [6, 6.07) is 14.4. The Labute approximate surface area is 242 Å². The monoisotopic (exact) mass is 615 g/mol. The maximum Gasteiger partial charge on any atom is 0.264 e. The highest BCUT2D eigenvalue weighted by molar-refractivity contribution is 7.92. The molecule has 0 fully saturated rings. The molecule has 0 saturated heterocycles. The van der Waals surface area contributed by atoms with Crippen molar-refractivity contribution in [1.82, 2.24) is 10.2 Å². The van der Waals surface area contributed by atoms with Crippen molar-refractivity contribution in [1.29, 1.82) is 0 Å². The Bertz CT molecular complexity index is 1450. The van der Waals surface area contributed by atoms with Crippen molar-refractivity contribution in [3.8, 4) is 0 Å². The van der Waals surface area contributed by atoms with E-state index in [0.717, 1.165) is 9.87 Å². The summed E-state index contributed by atoms with van der Waals surface area (Å²) in [6.07, 6.45) is 0. The number of nitrogens with zero attached hydrogens (tertiary/aromatic N) is 2. The van der Waals surface area contributed by atoms with Gasteiger partial charge in [0.25, 0.3) is 10.0 Å². The molecular weight excluding hydrogens is 592 g/mol. The topological polar surface area (TPSA) is 86.8 Å². The smallest absolute Gasteiger partial charge is 0.264 e. The lowest BCUT2D eigenvalue weighted by molar-refractivity contribution is -0.139. The average molecular weight is 617 g/mol. The first-order valence-electron chi connectivity index (χ1n) is 11.3. The molecule has 0 saturated carbocycles. The number of sulfonamides is 1. The van der Waals surface area contributed by atoms with E-state index < -0.39 is 34.4 Å². The highest BCUT2D eigenvalue weighted by Gasteiger charge is 2.33. The largest absolute Gasteiger partial charge is 0.357 e. The molecule has 0 radical (unpaired) electrons. The van der Waals surface area contributed by atoms with Gasteiger partial charge in [0.05, 0.1) is 25.7 Å². The van der Waals surface area contributed by atoms with Gasteiger partial charge in [-0.2, -0.15) is 0 Å². The number of carbonyl (C=O) groups is 2. The van der Waals surface area contributed by atoms with Crippen molar-refractivity contribution in [3.63, 3.8) is 0 Å². The van der Waals surface area contributed by atoms with Crippen molar-refractivity contribution in [2.45, 2.75) is 31.3 Å². The van der Waals surface area contributed by atoms with Crippen molar-refractivity contribution < 1.29 is 18.0 Å². The second-order valence-corrected chi connectivity index (χ2v) is 12.0. The van der Waals surface area contributed by atoms with Crippen molar-refractivity contribution in [2.75, 3.05) is 17.9 Å². The molecule has 0 spiro atoms. The molecule has 3 rings (SSSR count). The lowest BCUT2D eigenvalue weighted by Crippen LogP contribution is -2.50. The number of aryl methyl sites for hydroxylation is 1. The number of halogens is 4. The van der Waals surface area contributed by atoms with E-state index in [1.165, 1.54) is 42.3 Å². The molecule has 0 aliphatic rings. The number of likely N-dealkylation sites (N-methyl/N-ethyl adjacent to an activating group) is 1. The van der Waals surface area contributed by atoms with E-state index in [1.54, 1.807) is 37.3 Å². The number of hydrogen-bond acceptors (Lipinski definition) is 4. The molecular formula is C26H25Cl4N3O4S. The van der Waals surface area contributed by atoms with Crippen LogP contribution in [0, 0.1) is 6.92 Å². The zero-order valence-corrected chi connectivity index (χ0v) is 24.6. The summed E-state index contributed by atoms with van der Waals surface area (Å²) in [4.78, 5) is 27.5. The Morgan fingerprint density at radius 1 is 0.895 bits per heavy atom. The number of benzene rings is 3. The fourth-order valence-corrected chi connectivity index (χ4v) is 5.84. The quantitative estimate of drug-likeness (QED) is 0.321. The van der Waals surface area contributed by atoms with Gasteiger partial charge in [-0.25, -0.2) is 8.42 Å². The van der Waals surface area contributed by atoms with E-state index >= 15 is 0 Å². The van der Waals surface area contributed by atoms with Gasteiger partial charge in [0.15, 0.2) is 0 Å². The average Bonchev–Trinajstić information content (AvgIpc) is 2.88. The summed E-state index contributed by atoms with van der Waals surface area (Å²) in [5.74, 6) is -1.09. The van der Waals surface area contributed by atoms with Crippen molar-refractivity contribution in [3.05, 3.63) is 91.9 Å². The Kier molecular flexibility index (Phi) is 9.95. The second kappa shape index (κ2) is 12.6. The van der Waals surface area contributed by atoms with Gasteiger partial charge in [-0.1, -0.05) is 70.2 Å². The molecule has 12 heteroatoms. The van der Waals surface area contributed by atoms with Gasteiger partial charge >= 0.3 is 0 Å². The zero-order chi connectivity index (χ0) is 28.2. The van der Waals surface area contributed by atoms with Crippen LogP contribution < -0.4 is 9.62 Å². The van der Waals surface area contributed by atoms with Crippen LogP contribution in [0.2, 0.25) is 20.1 Å². The molecule has 7 nitrogen and oxygen atoms in total. The van der Waals surface area contributed by atoms with Crippen LogP contribution in [0.15, 0.2) is 65.6 Å². The minimum Gasteiger partial charge on any atom is -0.357 e. The maximum absolute atomic E-state index is 13.8. The normalized spacial score (nSPS) is 12.1. The molecule has 3 aromatic carbocycles. The predicted molar refractivity (Wildman–Crippen MR) is 153 cm³/mol. The third-order valence-electron chi connectivity index (χ3n) is 5.82. The summed E-state index contributed by atoms with van der Waals surface area (Å²) in [6.45, 7) is 2.68. The first-order valence-corrected chi connectivity index (χ1v) is 14.3. The molecule has 0 aliphatic carbocycles. The molecule has 38 heavy (non-hydrogen) atoms. The zero-order valence-electron chi connectivity index (χ0n) is 20.7. The summed E-state index contributed by atoms with van der Waals surface area (Å²) in [7, 11) is -2.83. The predicted octanol–water partition coefficient (Wildman–Crippen LogP) is 5.97. The molecule has 3 aromatic rings. The van der Waals surface area contributed by atoms with Crippen LogP contribution in [0.25, 0.3) is 0 Å². The molecule has 1 N–H and O–H groups in total. The first kappa shape index (κ1) is 30.1. The maximum atomic E-state index is 13.8. The highest BCUT2D eigenvalue weighted by atomic mass is 35.5. The summed E-state index contributed by atoms with van der Waals surface area (Å²) < 4.78 is 28.5. The van der Waals surface area contributed by atoms with Crippen molar-refractivity contribution in [2.24, 2.45) is 0 Å². The molecule has 2 amide bonds. The van der Waals surface area contributed by atoms with E-state index in [0.29, 0.717) is 10.6 Å². The summed E-state index contributed by atoms with van der Waals surface area (Å²) in [5, 5.41) is 3.43. The van der Waals surface area contributed by atoms with Gasteiger partial charge in [-0.15, -0.1) is 0 Å². The van der Waals surface area contributed by atoms with E-state index in [4.69, 9.17) is 46.4 Å². The Morgan fingerprint density at radius 2 is 1.53 bits per heavy atom. The fourth-order valence-electron chi connectivity index (χ4n) is 3.65. The van der Waals surface area contributed by atoms with Gasteiger partial charge in [-0.3, -0.25) is 13.9 Å². The van der Waals surface area contributed by atoms with Gasteiger partial charge in [0.2, 0.25) is 11.8 Å². The van der Waals surface area contributed by atoms with Gasteiger partial charge in [0.1, 0.15) is 12.6 Å². The lowest BCUT2D eigenvalue weighted by atomic mass is 10.1. The van der Waals surface area contributed by atoms with Crippen LogP contribution in [0.1, 0.15) is 18.1 Å². The Hall–Kier alpha value is -2.49. The molecule has 0 aliphatic heterocycles. The summed E-state index contributed by atoms with van der Waals surface area (Å²) in [5.41, 5.74) is 1.48. The lowest BCUT2D eigenvalue weighted by Gasteiger charge is -2.32. The van der Waals surface area contributed by atoms with Gasteiger partial charge in [-0.05, 0) is 61.9 Å². The van der Waals surface area contributed by atoms with E-state index in [2.05, 4.69) is 5.32 Å². The molecule has 0 heterocycles. The Balaban J connectivity index is 2.08. The highest BCUT2D eigenvalue weighted by Crippen LogP contribution is 2.33. The fraction of sp³-hybridized carbons (Fsp3) is 0.231. The van der Waals surface area contributed by atoms with Crippen molar-refractivity contribution >= 4 is 73.9 Å². The molecule has 1 unspecified atom stereocenters. The SMILES string of the molecule is CNC(=O)C(C)N(Cc1ccc(Cl)c(Cl)c1)C(=O)CN(c1cc(Cl)ccc1Cl)S(=O)(=O)c1ccc(C)cc1. The van der Waals surface area contributed by atoms with Crippen LogP contribution in [0.5, 0.6) is 0 Å². The summed E-state index contributed by atoms with van der Waals surface area (Å²) >= 11 is 24.7. The third kappa shape index (κ3) is 6.93. The van der Waals surface area contributed by atoms with Gasteiger partial charge < -0.3 is 10.2 Å². The standard InChI is InChI=1S/C26H25Cl4N3O4S/c1-16-4-8-20(9-5-16)38(36,37)33(24-13-19(27)7-11-22(24)29)15-25(34)32(17(2)26(35)31-3)14-18-6-10-21(28)23(30)12-18/h4-13,17H,14-15H2,1-3H3,(H,31,35). The number of hydrogen-bond donors (Lipinski definition) is 1. The molecule has 0 aromatic heterocycles. The first-order chi connectivity index (χ1) is 17.8. The minimum absolute atomic E-state index is 0.0233. The molecule has 202 valence electrons. The number of nitrogens with one attached hydrogen (secondary N) is 1. The number of rotatable bonds is 9. The van der Waals surface area contributed by atoms with Gasteiger partial charge in [0, 0.05) is 18.6 Å². The van der Waals surface area contributed by atoms with Crippen LogP contribution in [0.3, 0.4) is 0 Å². The number of amides is 2. The number of carbonyl (C=O) groups excluding carboxylic acids is 2. The molecule has 1 atom stereocenters. The Morgan fingerprint density at radius 3 is 2.13 bits per heavy atom. The van der Waals surface area contributed by atoms with E-state index in [1.807, 2.05) is 6.92 Å². The van der Waals surface area contributed by atoms with Crippen LogP contribution in [0.4, 0.5) is 5.69 Å². The third-order valence-corrected chi connectivity index (χ3v) is 8.88. The van der Waals surface area contributed by atoms with Crippen LogP contribution in [-0.4, -0.2) is 44.8 Å². The minimum atomic E-state index is -4.27. The van der Waals surface area contributed by atoms with E-state index in [9.17, 15) is 18.0 Å². The number of anilines is 1.